The Kier molecular flexibility index (Phi) is 12.4. The Bertz CT molecular complexity index is 1650. The van der Waals surface area contributed by atoms with Crippen molar-refractivity contribution in [3.8, 4) is 0 Å². The number of aliphatic imine (C=N–C) groups is 1. The van der Waals surface area contributed by atoms with Crippen molar-refractivity contribution in [3.63, 3.8) is 0 Å². The number of amides is 4. The molecule has 48 heavy (non-hydrogen) atoms. The molecule has 3 aromatic rings. The van der Waals surface area contributed by atoms with Crippen LogP contribution >= 0.6 is 0 Å². The van der Waals surface area contributed by atoms with Crippen LogP contribution in [0.25, 0.3) is 10.8 Å². The molecule has 3 aromatic carbocycles. The predicted octanol–water partition coefficient (Wildman–Crippen LogP) is -0.107. The number of hydrogen-bond acceptors (Lipinski definition) is 7. The zero-order valence-electron chi connectivity index (χ0n) is 26.7. The largest absolute Gasteiger partial charge is 0.384 e. The van der Waals surface area contributed by atoms with E-state index in [1.165, 1.54) is 0 Å². The smallest absolute Gasteiger partial charge is 0.243 e. The zero-order valence-corrected chi connectivity index (χ0v) is 26.7. The van der Waals surface area contributed by atoms with Crippen molar-refractivity contribution in [1.29, 1.82) is 5.41 Å². The van der Waals surface area contributed by atoms with Crippen molar-refractivity contribution in [3.05, 3.63) is 83.4 Å². The number of rotatable bonds is 15. The molecule has 0 aliphatic carbocycles. The number of benzene rings is 3. The number of fused-ring (bicyclic) bond motifs is 1. The molecular weight excluding hydrogens is 614 g/mol. The molecule has 1 aliphatic heterocycles. The molecule has 0 saturated carbocycles. The lowest BCUT2D eigenvalue weighted by Crippen LogP contribution is -2.56. The number of primary amides is 1. The summed E-state index contributed by atoms with van der Waals surface area (Å²) >= 11 is 0. The van der Waals surface area contributed by atoms with Crippen LogP contribution in [0.1, 0.15) is 29.5 Å². The first kappa shape index (κ1) is 35.4. The first-order valence-corrected chi connectivity index (χ1v) is 15.7. The molecule has 1 aliphatic rings. The molecule has 4 rings (SSSR count). The van der Waals surface area contributed by atoms with Crippen molar-refractivity contribution in [2.45, 2.75) is 37.8 Å². The van der Waals surface area contributed by atoms with Crippen molar-refractivity contribution in [2.24, 2.45) is 33.8 Å². The number of nitrogens with one attached hydrogen (secondary N) is 3. The van der Waals surface area contributed by atoms with Crippen LogP contribution in [0.15, 0.2) is 71.7 Å². The van der Waals surface area contributed by atoms with E-state index >= 15 is 0 Å². The third kappa shape index (κ3) is 10.00. The average molecular weight is 658 g/mol. The van der Waals surface area contributed by atoms with Gasteiger partial charge in [-0.1, -0.05) is 66.7 Å². The lowest BCUT2D eigenvalue weighted by molar-refractivity contribution is -0.146. The molecule has 4 amide bonds. The highest BCUT2D eigenvalue weighted by Gasteiger charge is 2.35. The Balaban J connectivity index is 1.61. The monoisotopic (exact) mass is 657 g/mol. The Hall–Kier alpha value is -5.50. The third-order valence-corrected chi connectivity index (χ3v) is 8.13. The van der Waals surface area contributed by atoms with Gasteiger partial charge in [-0.15, -0.1) is 0 Å². The molecule has 1 heterocycles. The molecule has 3 atom stereocenters. The highest BCUT2D eigenvalue weighted by Crippen LogP contribution is 2.19. The molecule has 0 radical (unpaired) electrons. The van der Waals surface area contributed by atoms with Crippen molar-refractivity contribution in [1.82, 2.24) is 15.5 Å². The first-order valence-electron chi connectivity index (χ1n) is 15.7. The number of nitrogens with zero attached hydrogens (tertiary/aromatic N) is 2. The third-order valence-electron chi connectivity index (χ3n) is 8.13. The second-order valence-electron chi connectivity index (χ2n) is 11.7. The van der Waals surface area contributed by atoms with E-state index < -0.39 is 41.6 Å². The summed E-state index contributed by atoms with van der Waals surface area (Å²) in [7, 11) is 0. The number of carbonyl (C=O) groups excluding carboxylic acids is 4. The molecule has 1 saturated heterocycles. The molecule has 1 fully saturated rings. The summed E-state index contributed by atoms with van der Waals surface area (Å²) < 4.78 is 5.40. The summed E-state index contributed by atoms with van der Waals surface area (Å²) in [6.07, 6.45) is 0.655. The van der Waals surface area contributed by atoms with Crippen molar-refractivity contribution >= 4 is 46.2 Å². The van der Waals surface area contributed by atoms with Gasteiger partial charge >= 0.3 is 0 Å². The summed E-state index contributed by atoms with van der Waals surface area (Å²) in [6, 6.07) is 18.0. The Morgan fingerprint density at radius 2 is 1.46 bits per heavy atom. The van der Waals surface area contributed by atoms with Crippen LogP contribution in [-0.4, -0.2) is 85.3 Å². The Labute approximate surface area is 278 Å². The minimum absolute atomic E-state index is 0.0409. The quantitative estimate of drug-likeness (QED) is 0.0502. The summed E-state index contributed by atoms with van der Waals surface area (Å²) in [6.45, 7) is 1.58. The van der Waals surface area contributed by atoms with E-state index in [1.54, 1.807) is 29.2 Å². The van der Waals surface area contributed by atoms with Gasteiger partial charge < -0.3 is 43.2 Å². The lowest BCUT2D eigenvalue weighted by Gasteiger charge is -2.31. The number of nitrogen functional groups attached to an aromatic ring is 1. The van der Waals surface area contributed by atoms with Crippen LogP contribution in [-0.2, 0) is 36.8 Å². The number of ether oxygens (including phenoxy) is 1. The van der Waals surface area contributed by atoms with Gasteiger partial charge in [-0.25, -0.2) is 0 Å². The highest BCUT2D eigenvalue weighted by atomic mass is 16.5. The number of hydrogen-bond donors (Lipinski definition) is 7. The van der Waals surface area contributed by atoms with Gasteiger partial charge in [0.1, 0.15) is 23.8 Å². The van der Waals surface area contributed by atoms with Crippen LogP contribution in [0.2, 0.25) is 0 Å². The molecule has 1 unspecified atom stereocenters. The second kappa shape index (κ2) is 16.9. The van der Waals surface area contributed by atoms with E-state index in [0.717, 1.165) is 16.3 Å². The molecule has 254 valence electrons. The molecule has 0 bridgehead atoms. The predicted molar refractivity (Wildman–Crippen MR) is 183 cm³/mol. The van der Waals surface area contributed by atoms with E-state index in [9.17, 15) is 19.2 Å². The molecule has 14 nitrogen and oxygen atoms in total. The zero-order chi connectivity index (χ0) is 34.6. The first-order chi connectivity index (χ1) is 23.0. The number of carbonyl (C=O) groups is 4. The molecule has 11 N–H and O–H groups in total. The maximum absolute atomic E-state index is 14.1. The van der Waals surface area contributed by atoms with E-state index in [-0.39, 0.29) is 37.6 Å². The highest BCUT2D eigenvalue weighted by molar-refractivity contribution is 6.02. The van der Waals surface area contributed by atoms with E-state index in [0.29, 0.717) is 43.9 Å². The van der Waals surface area contributed by atoms with Gasteiger partial charge in [-0.3, -0.25) is 29.6 Å². The van der Waals surface area contributed by atoms with Gasteiger partial charge in [-0.2, -0.15) is 0 Å². The van der Waals surface area contributed by atoms with Crippen LogP contribution < -0.4 is 33.6 Å². The number of amidine groups is 1. The SMILES string of the molecule is N=C(N)c1ccc(CC(C(=O)N[C@@H](Cc2ccc3ccccc3c2)C(=O)N[C@@H](CCCN=C(N)N)C(N)=O)C(=O)N2CCOCC2)cc1. The van der Waals surface area contributed by atoms with Gasteiger partial charge in [0.15, 0.2) is 5.96 Å². The average Bonchev–Trinajstić information content (AvgIpc) is 3.08. The summed E-state index contributed by atoms with van der Waals surface area (Å²) in [5.74, 6) is -3.80. The van der Waals surface area contributed by atoms with Gasteiger partial charge in [0.2, 0.25) is 23.6 Å². The molecule has 0 spiro atoms. The molecular formula is C34H43N9O5. The van der Waals surface area contributed by atoms with E-state index in [2.05, 4.69) is 15.6 Å². The number of nitrogens with two attached hydrogens (primary N) is 4. The normalized spacial score (nSPS) is 14.7. The van der Waals surface area contributed by atoms with Crippen molar-refractivity contribution < 1.29 is 23.9 Å². The van der Waals surface area contributed by atoms with Crippen LogP contribution in [0.5, 0.6) is 0 Å². The number of guanidine groups is 1. The van der Waals surface area contributed by atoms with Gasteiger partial charge in [0.25, 0.3) is 0 Å². The summed E-state index contributed by atoms with van der Waals surface area (Å²) in [5.41, 5.74) is 23.9. The minimum atomic E-state index is -1.18. The van der Waals surface area contributed by atoms with Crippen molar-refractivity contribution in [2.75, 3.05) is 32.8 Å². The minimum Gasteiger partial charge on any atom is -0.384 e. The van der Waals surface area contributed by atoms with E-state index in [4.69, 9.17) is 33.1 Å². The lowest BCUT2D eigenvalue weighted by atomic mass is 9.94. The standard InChI is InChI=1S/C34H43N9O5/c35-29(36)24-11-7-21(8-12-24)19-26(33(47)43-14-16-48-17-15-43)31(45)42-28(20-22-9-10-23-4-1-2-5-25(23)18-22)32(46)41-27(30(37)44)6-3-13-40-34(38)39/h1-2,4-5,7-12,18,26-28H,3,6,13-17,19-20H2,(H3,35,36)(H2,37,44)(H,41,46)(H,42,45)(H4,38,39,40)/t26?,27-,28-/m0/s1. The van der Waals surface area contributed by atoms with Gasteiger partial charge in [0.05, 0.1) is 13.2 Å². The second-order valence-corrected chi connectivity index (χ2v) is 11.7. The number of morpholine rings is 1. The Morgan fingerprint density at radius 3 is 2.10 bits per heavy atom. The maximum atomic E-state index is 14.1. The fourth-order valence-electron chi connectivity index (χ4n) is 5.50. The maximum Gasteiger partial charge on any atom is 0.243 e. The van der Waals surface area contributed by atoms with Crippen LogP contribution in [0.3, 0.4) is 0 Å². The van der Waals surface area contributed by atoms with Gasteiger partial charge in [-0.05, 0) is 41.2 Å². The Morgan fingerprint density at radius 1 is 0.812 bits per heavy atom. The van der Waals surface area contributed by atoms with E-state index in [1.807, 2.05) is 42.5 Å². The molecule has 14 heteroatoms. The van der Waals surface area contributed by atoms with Crippen LogP contribution in [0.4, 0.5) is 0 Å². The fourth-order valence-corrected chi connectivity index (χ4v) is 5.50. The summed E-state index contributed by atoms with van der Waals surface area (Å²) in [5, 5.41) is 15.1. The fraction of sp³-hybridized carbons (Fsp3) is 0.353. The summed E-state index contributed by atoms with van der Waals surface area (Å²) in [4.78, 5) is 59.5. The topological polar surface area (TPSA) is 245 Å². The van der Waals surface area contributed by atoms with Gasteiger partial charge in [0, 0.05) is 31.6 Å². The molecule has 0 aromatic heterocycles. The van der Waals surface area contributed by atoms with Crippen LogP contribution in [0, 0.1) is 11.3 Å².